The first-order valence-corrected chi connectivity index (χ1v) is 6.59. The molecule has 0 aliphatic carbocycles. The van der Waals surface area contributed by atoms with E-state index in [4.69, 9.17) is 0 Å². The van der Waals surface area contributed by atoms with E-state index in [1.165, 1.54) is 18.2 Å². The van der Waals surface area contributed by atoms with Gasteiger partial charge >= 0.3 is 11.0 Å². The van der Waals surface area contributed by atoms with Crippen LogP contribution in [0.2, 0.25) is 0 Å². The number of nitrogens with zero attached hydrogens (tertiary/aromatic N) is 1. The fraction of sp³-hybridized carbons (Fsp3) is 0.400. The molecule has 0 aliphatic heterocycles. The normalized spacial score (nSPS) is 11.6. The molecule has 0 N–H and O–H groups in total. The van der Waals surface area contributed by atoms with Crippen LogP contribution in [0.25, 0.3) is 0 Å². The molecule has 19 heavy (non-hydrogen) atoms. The van der Waals surface area contributed by atoms with Gasteiger partial charge in [0.2, 0.25) is 0 Å². The fourth-order valence-corrected chi connectivity index (χ4v) is 2.35. The molecule has 0 aliphatic rings. The van der Waals surface area contributed by atoms with Crippen LogP contribution in [0.1, 0.15) is 13.8 Å². The highest BCUT2D eigenvalue weighted by Crippen LogP contribution is 2.46. The number of anilines is 1. The molecular weight excluding hydrogens is 312 g/mol. The second kappa shape index (κ2) is 7.78. The van der Waals surface area contributed by atoms with Gasteiger partial charge in [-0.05, 0) is 12.1 Å². The average molecular weight is 323 g/mol. The minimum Gasteiger partial charge on any atom is -0.243 e. The van der Waals surface area contributed by atoms with E-state index in [-0.39, 0.29) is 9.40 Å². The standard InChI is InChI=1S/C8H5F6NS2.C2H6/c9-7(10,11)16-15(17-8(12,13)14)6-4-2-1-3-5-6;1-2/h1-5H;1-2H3. The van der Waals surface area contributed by atoms with Crippen molar-refractivity contribution in [2.45, 2.75) is 24.9 Å². The molecule has 1 nitrogen and oxygen atoms in total. The van der Waals surface area contributed by atoms with Crippen molar-refractivity contribution in [3.8, 4) is 0 Å². The number of benzene rings is 1. The molecule has 1 aromatic carbocycles. The smallest absolute Gasteiger partial charge is 0.243 e. The highest BCUT2D eigenvalue weighted by Gasteiger charge is 2.40. The second-order valence-corrected chi connectivity index (χ2v) is 4.92. The van der Waals surface area contributed by atoms with Crippen molar-refractivity contribution in [3.05, 3.63) is 30.3 Å². The minimum absolute atomic E-state index is 0.0833. The first-order chi connectivity index (χ1) is 8.67. The maximum atomic E-state index is 12.1. The Morgan fingerprint density at radius 1 is 0.789 bits per heavy atom. The van der Waals surface area contributed by atoms with Crippen molar-refractivity contribution in [3.63, 3.8) is 0 Å². The molecule has 1 rings (SSSR count). The molecule has 0 spiro atoms. The van der Waals surface area contributed by atoms with Crippen LogP contribution >= 0.6 is 23.9 Å². The highest BCUT2D eigenvalue weighted by atomic mass is 32.2. The Kier molecular flexibility index (Phi) is 7.50. The van der Waals surface area contributed by atoms with Crippen molar-refractivity contribution >= 4 is 29.6 Å². The summed E-state index contributed by atoms with van der Waals surface area (Å²) in [7, 11) is 0. The van der Waals surface area contributed by atoms with Gasteiger partial charge in [-0.25, -0.2) is 3.71 Å². The van der Waals surface area contributed by atoms with E-state index < -0.39 is 34.9 Å². The molecule has 0 radical (unpaired) electrons. The van der Waals surface area contributed by atoms with E-state index >= 15 is 0 Å². The van der Waals surface area contributed by atoms with Crippen LogP contribution in [-0.2, 0) is 0 Å². The number of rotatable bonds is 3. The highest BCUT2D eigenvalue weighted by molar-refractivity contribution is 8.18. The van der Waals surface area contributed by atoms with Crippen molar-refractivity contribution in [1.29, 1.82) is 0 Å². The SMILES string of the molecule is CC.FC(F)(F)SN(SC(F)(F)F)c1ccccc1. The van der Waals surface area contributed by atoms with E-state index in [1.807, 2.05) is 13.8 Å². The van der Waals surface area contributed by atoms with Crippen molar-refractivity contribution in [2.24, 2.45) is 0 Å². The molecule has 0 fully saturated rings. The molecule has 0 heterocycles. The molecule has 0 amide bonds. The molecule has 0 aromatic heterocycles. The van der Waals surface area contributed by atoms with Crippen molar-refractivity contribution in [1.82, 2.24) is 0 Å². The predicted octanol–water partition coefficient (Wildman–Crippen LogP) is 5.86. The third kappa shape index (κ3) is 8.93. The summed E-state index contributed by atoms with van der Waals surface area (Å²) in [6.07, 6.45) is 0. The Labute approximate surface area is 115 Å². The largest absolute Gasteiger partial charge is 0.462 e. The summed E-state index contributed by atoms with van der Waals surface area (Å²) in [5.74, 6) is 0. The summed E-state index contributed by atoms with van der Waals surface area (Å²) in [4.78, 5) is 0. The van der Waals surface area contributed by atoms with Crippen LogP contribution in [0.4, 0.5) is 32.0 Å². The number of hydrogen-bond acceptors (Lipinski definition) is 3. The maximum Gasteiger partial charge on any atom is 0.462 e. The van der Waals surface area contributed by atoms with Crippen LogP contribution < -0.4 is 3.71 Å². The zero-order chi connectivity index (χ0) is 15.1. The lowest BCUT2D eigenvalue weighted by molar-refractivity contribution is -0.0339. The van der Waals surface area contributed by atoms with Gasteiger partial charge in [0, 0.05) is 0 Å². The summed E-state index contributed by atoms with van der Waals surface area (Å²) in [6.45, 7) is 4.00. The second-order valence-electron chi connectivity index (χ2n) is 2.67. The molecule has 0 atom stereocenters. The summed E-state index contributed by atoms with van der Waals surface area (Å²) in [5.41, 5.74) is -9.75. The Morgan fingerprint density at radius 2 is 1.16 bits per heavy atom. The molecule has 0 saturated carbocycles. The van der Waals surface area contributed by atoms with Gasteiger partial charge in [-0.15, -0.1) is 0 Å². The zero-order valence-corrected chi connectivity index (χ0v) is 11.6. The van der Waals surface area contributed by atoms with Gasteiger partial charge in [0.1, 0.15) is 0 Å². The van der Waals surface area contributed by atoms with Crippen molar-refractivity contribution in [2.75, 3.05) is 3.71 Å². The first-order valence-electron chi connectivity index (χ1n) is 5.04. The van der Waals surface area contributed by atoms with Crippen LogP contribution in [0.3, 0.4) is 0 Å². The van der Waals surface area contributed by atoms with Gasteiger partial charge in [0.15, 0.2) is 0 Å². The maximum absolute atomic E-state index is 12.1. The summed E-state index contributed by atoms with van der Waals surface area (Å²) >= 11 is -1.68. The van der Waals surface area contributed by atoms with Gasteiger partial charge in [-0.1, -0.05) is 32.0 Å². The van der Waals surface area contributed by atoms with Crippen LogP contribution in [0, 0.1) is 0 Å². The topological polar surface area (TPSA) is 3.24 Å². The molecule has 110 valence electrons. The summed E-state index contributed by atoms with van der Waals surface area (Å²) < 4.78 is 72.7. The number of para-hydroxylation sites is 1. The molecule has 1 aromatic rings. The fourth-order valence-electron chi connectivity index (χ4n) is 0.862. The van der Waals surface area contributed by atoms with Crippen LogP contribution in [0.15, 0.2) is 30.3 Å². The van der Waals surface area contributed by atoms with E-state index in [0.717, 1.165) is 12.1 Å². The van der Waals surface area contributed by atoms with Crippen LogP contribution in [-0.4, -0.2) is 11.0 Å². The quantitative estimate of drug-likeness (QED) is 0.507. The monoisotopic (exact) mass is 323 g/mol. The number of hydrogen-bond donors (Lipinski definition) is 0. The predicted molar refractivity (Wildman–Crippen MR) is 67.6 cm³/mol. The zero-order valence-electron chi connectivity index (χ0n) is 9.92. The van der Waals surface area contributed by atoms with Crippen LogP contribution in [0.5, 0.6) is 0 Å². The van der Waals surface area contributed by atoms with Crippen molar-refractivity contribution < 1.29 is 26.3 Å². The molecule has 0 saturated heterocycles. The van der Waals surface area contributed by atoms with Gasteiger partial charge in [0.05, 0.1) is 29.6 Å². The summed E-state index contributed by atoms with van der Waals surface area (Å²) in [6, 6.07) is 6.54. The van der Waals surface area contributed by atoms with Gasteiger partial charge in [0.25, 0.3) is 0 Å². The Bertz CT molecular complexity index is 335. The molecule has 9 heteroatoms. The third-order valence-electron chi connectivity index (χ3n) is 1.34. The van der Waals surface area contributed by atoms with Gasteiger partial charge in [-0.2, -0.15) is 26.3 Å². The minimum atomic E-state index is -4.78. The average Bonchev–Trinajstić information content (AvgIpc) is 2.28. The van der Waals surface area contributed by atoms with E-state index in [1.54, 1.807) is 0 Å². The molecular formula is C10H11F6NS2. The lowest BCUT2D eigenvalue weighted by Gasteiger charge is -2.23. The van der Waals surface area contributed by atoms with Gasteiger partial charge in [-0.3, -0.25) is 0 Å². The lowest BCUT2D eigenvalue weighted by atomic mass is 10.3. The lowest BCUT2D eigenvalue weighted by Crippen LogP contribution is -2.18. The Morgan fingerprint density at radius 3 is 1.47 bits per heavy atom. The van der Waals surface area contributed by atoms with E-state index in [9.17, 15) is 26.3 Å². The first kappa shape index (κ1) is 18.3. The Balaban J connectivity index is 0.00000154. The number of alkyl halides is 6. The number of halogens is 6. The van der Waals surface area contributed by atoms with E-state index in [2.05, 4.69) is 0 Å². The summed E-state index contributed by atoms with van der Waals surface area (Å²) in [5, 5.41) is 0. The molecule has 0 bridgehead atoms. The molecule has 0 unspecified atom stereocenters. The van der Waals surface area contributed by atoms with Gasteiger partial charge < -0.3 is 0 Å². The third-order valence-corrected chi connectivity index (χ3v) is 2.95. The van der Waals surface area contributed by atoms with E-state index in [0.29, 0.717) is 0 Å². The Hall–Kier alpha value is -0.700.